The van der Waals surface area contributed by atoms with Crippen LogP contribution < -0.4 is 0 Å². The van der Waals surface area contributed by atoms with Gasteiger partial charge in [0.2, 0.25) is 0 Å². The normalized spacial score (nSPS) is 45.4. The second kappa shape index (κ2) is 4.26. The molecule has 2 bridgehead atoms. The molecule has 3 fully saturated rings. The molecule has 0 aromatic carbocycles. The molecular weight excluding hydrogens is 204 g/mol. The Morgan fingerprint density at radius 1 is 1.12 bits per heavy atom. The van der Waals surface area contributed by atoms with Crippen molar-refractivity contribution in [3.8, 4) is 0 Å². The molecule has 0 aromatic heterocycles. The minimum absolute atomic E-state index is 0.0665. The molecule has 4 unspecified atom stereocenters. The predicted octanol–water partition coefficient (Wildman–Crippen LogP) is 1.22. The van der Waals surface area contributed by atoms with Crippen molar-refractivity contribution in [3.05, 3.63) is 0 Å². The number of likely N-dealkylation sites (N-methyl/N-ethyl adjacent to an activating group) is 1. The van der Waals surface area contributed by atoms with Crippen LogP contribution in [-0.4, -0.2) is 55.2 Å². The fraction of sp³-hybridized carbons (Fsp3) is 1.00. The second-order valence-electron chi connectivity index (χ2n) is 5.31. The molecule has 0 radical (unpaired) electrons. The van der Waals surface area contributed by atoms with Crippen molar-refractivity contribution in [1.29, 1.82) is 0 Å². The van der Waals surface area contributed by atoms with Crippen LogP contribution in [0.2, 0.25) is 0 Å². The first-order valence-corrected chi connectivity index (χ1v) is 6.48. The molecule has 2 heterocycles. The van der Waals surface area contributed by atoms with Crippen LogP contribution in [0.3, 0.4) is 0 Å². The van der Waals surface area contributed by atoms with Gasteiger partial charge in [-0.25, -0.2) is 10.0 Å². The monoisotopic (exact) mass is 226 g/mol. The second-order valence-corrected chi connectivity index (χ2v) is 5.31. The summed E-state index contributed by atoms with van der Waals surface area (Å²) in [4.78, 5) is 0. The number of nitrogens with zero attached hydrogens (tertiary/aromatic N) is 2. The Kier molecular flexibility index (Phi) is 2.92. The molecule has 2 saturated heterocycles. The van der Waals surface area contributed by atoms with Gasteiger partial charge in [-0.2, -0.15) is 0 Å². The highest BCUT2D eigenvalue weighted by Gasteiger charge is 2.48. The van der Waals surface area contributed by atoms with E-state index in [1.807, 2.05) is 0 Å². The molecule has 92 valence electrons. The maximum atomic E-state index is 6.11. The summed E-state index contributed by atoms with van der Waals surface area (Å²) in [5, 5.41) is 4.69. The van der Waals surface area contributed by atoms with Gasteiger partial charge in [0.25, 0.3) is 0 Å². The van der Waals surface area contributed by atoms with E-state index < -0.39 is 0 Å². The Morgan fingerprint density at radius 3 is 2.62 bits per heavy atom. The summed E-state index contributed by atoms with van der Waals surface area (Å²) in [5.74, 6) is 0. The maximum absolute atomic E-state index is 6.11. The van der Waals surface area contributed by atoms with Crippen LogP contribution in [0.15, 0.2) is 0 Å². The van der Waals surface area contributed by atoms with Crippen molar-refractivity contribution in [2.75, 3.05) is 20.7 Å². The summed E-state index contributed by atoms with van der Waals surface area (Å²) in [5.41, 5.74) is 0. The number of hydrogen-bond donors (Lipinski definition) is 0. The quantitative estimate of drug-likeness (QED) is 0.707. The molecular formula is C12H22N2O2. The van der Waals surface area contributed by atoms with Crippen molar-refractivity contribution < 1.29 is 9.47 Å². The van der Waals surface area contributed by atoms with E-state index >= 15 is 0 Å². The van der Waals surface area contributed by atoms with E-state index in [-0.39, 0.29) is 6.29 Å². The number of hydrogen-bond acceptors (Lipinski definition) is 4. The van der Waals surface area contributed by atoms with Crippen molar-refractivity contribution in [3.63, 3.8) is 0 Å². The van der Waals surface area contributed by atoms with E-state index in [2.05, 4.69) is 24.1 Å². The fourth-order valence-electron chi connectivity index (χ4n) is 3.30. The average molecular weight is 226 g/mol. The number of ether oxygens (including phenoxy) is 2. The zero-order chi connectivity index (χ0) is 11.1. The first kappa shape index (κ1) is 11.0. The molecule has 4 heteroatoms. The standard InChI is InChI=1S/C12H22N2O2/c1-13-9-7-10(14(13)2)11(8-9)16-12-5-3-4-6-15-12/h9-12H,3-8H2,1-2H3. The molecule has 4 nitrogen and oxygen atoms in total. The zero-order valence-electron chi connectivity index (χ0n) is 10.3. The number of rotatable bonds is 2. The van der Waals surface area contributed by atoms with Gasteiger partial charge in [0.1, 0.15) is 0 Å². The Labute approximate surface area is 97.5 Å². The fourth-order valence-corrected chi connectivity index (χ4v) is 3.30. The smallest absolute Gasteiger partial charge is 0.158 e. The van der Waals surface area contributed by atoms with E-state index in [0.29, 0.717) is 18.2 Å². The minimum Gasteiger partial charge on any atom is -0.353 e. The summed E-state index contributed by atoms with van der Waals surface area (Å²) >= 11 is 0. The largest absolute Gasteiger partial charge is 0.353 e. The first-order chi connectivity index (χ1) is 7.75. The van der Waals surface area contributed by atoms with Gasteiger partial charge in [-0.1, -0.05) is 0 Å². The molecule has 3 rings (SSSR count). The lowest BCUT2D eigenvalue weighted by molar-refractivity contribution is -0.211. The summed E-state index contributed by atoms with van der Waals surface area (Å²) < 4.78 is 11.8. The highest BCUT2D eigenvalue weighted by molar-refractivity contribution is 4.99. The van der Waals surface area contributed by atoms with Crippen LogP contribution >= 0.6 is 0 Å². The van der Waals surface area contributed by atoms with Gasteiger partial charge in [-0.05, 0) is 32.1 Å². The molecule has 16 heavy (non-hydrogen) atoms. The van der Waals surface area contributed by atoms with Gasteiger partial charge in [-0.3, -0.25) is 0 Å². The molecule has 0 aromatic rings. The third-order valence-corrected chi connectivity index (χ3v) is 4.42. The van der Waals surface area contributed by atoms with Crippen LogP contribution in [0.1, 0.15) is 32.1 Å². The Hall–Kier alpha value is -0.160. The van der Waals surface area contributed by atoms with Crippen LogP contribution in [0.25, 0.3) is 0 Å². The molecule has 1 aliphatic carbocycles. The Bertz CT molecular complexity index is 253. The molecule has 2 aliphatic heterocycles. The van der Waals surface area contributed by atoms with Gasteiger partial charge in [0.15, 0.2) is 6.29 Å². The minimum atomic E-state index is 0.0665. The van der Waals surface area contributed by atoms with Crippen molar-refractivity contribution in [2.24, 2.45) is 0 Å². The van der Waals surface area contributed by atoms with Crippen LogP contribution in [0.4, 0.5) is 0 Å². The molecule has 3 aliphatic rings. The molecule has 0 amide bonds. The van der Waals surface area contributed by atoms with Gasteiger partial charge in [0.05, 0.1) is 12.1 Å². The number of hydrazine groups is 1. The Balaban J connectivity index is 1.57. The molecule has 4 atom stereocenters. The summed E-state index contributed by atoms with van der Waals surface area (Å²) in [7, 11) is 4.35. The first-order valence-electron chi connectivity index (χ1n) is 6.48. The summed E-state index contributed by atoms with van der Waals surface area (Å²) in [6.07, 6.45) is 6.40. The van der Waals surface area contributed by atoms with Crippen molar-refractivity contribution >= 4 is 0 Å². The van der Waals surface area contributed by atoms with Crippen molar-refractivity contribution in [1.82, 2.24) is 10.0 Å². The summed E-state index contributed by atoms with van der Waals surface area (Å²) in [6.45, 7) is 0.876. The van der Waals surface area contributed by atoms with E-state index in [1.165, 1.54) is 25.7 Å². The van der Waals surface area contributed by atoms with Gasteiger partial charge < -0.3 is 9.47 Å². The highest BCUT2D eigenvalue weighted by Crippen LogP contribution is 2.38. The summed E-state index contributed by atoms with van der Waals surface area (Å²) in [6, 6.07) is 1.25. The van der Waals surface area contributed by atoms with E-state index in [9.17, 15) is 0 Å². The van der Waals surface area contributed by atoms with E-state index in [0.717, 1.165) is 13.0 Å². The van der Waals surface area contributed by atoms with Gasteiger partial charge >= 0.3 is 0 Å². The average Bonchev–Trinajstić information content (AvgIpc) is 2.82. The zero-order valence-corrected chi connectivity index (χ0v) is 10.3. The topological polar surface area (TPSA) is 24.9 Å². The van der Waals surface area contributed by atoms with Crippen molar-refractivity contribution in [2.45, 2.75) is 56.6 Å². The van der Waals surface area contributed by atoms with Crippen LogP contribution in [0, 0.1) is 0 Å². The lowest BCUT2D eigenvalue weighted by Crippen LogP contribution is -2.50. The molecule has 0 N–H and O–H groups in total. The molecule has 1 saturated carbocycles. The van der Waals surface area contributed by atoms with E-state index in [1.54, 1.807) is 0 Å². The third kappa shape index (κ3) is 1.78. The molecule has 0 spiro atoms. The van der Waals surface area contributed by atoms with E-state index in [4.69, 9.17) is 9.47 Å². The predicted molar refractivity (Wildman–Crippen MR) is 60.8 cm³/mol. The van der Waals surface area contributed by atoms with Gasteiger partial charge in [0, 0.05) is 26.7 Å². The lowest BCUT2D eigenvalue weighted by Gasteiger charge is -2.38. The highest BCUT2D eigenvalue weighted by atomic mass is 16.7. The van der Waals surface area contributed by atoms with Crippen LogP contribution in [0.5, 0.6) is 0 Å². The Morgan fingerprint density at radius 2 is 2.00 bits per heavy atom. The maximum Gasteiger partial charge on any atom is 0.158 e. The lowest BCUT2D eigenvalue weighted by atomic mass is 10.1. The number of fused-ring (bicyclic) bond motifs is 2. The third-order valence-electron chi connectivity index (χ3n) is 4.42. The SMILES string of the molecule is CN1C2CC(OC3CCCCO3)C(C2)N1C. The van der Waals surface area contributed by atoms with Gasteiger partial charge in [-0.15, -0.1) is 0 Å². The van der Waals surface area contributed by atoms with Crippen LogP contribution in [-0.2, 0) is 9.47 Å².